The summed E-state index contributed by atoms with van der Waals surface area (Å²) in [6, 6.07) is 89.8. The highest BCUT2D eigenvalue weighted by atomic mass is 15.1. The minimum atomic E-state index is 1.08. The van der Waals surface area contributed by atoms with Gasteiger partial charge < -0.3 is 4.90 Å². The highest BCUT2D eigenvalue weighted by molar-refractivity contribution is 5.93. The highest BCUT2D eigenvalue weighted by Crippen LogP contribution is 2.43. The van der Waals surface area contributed by atoms with Crippen LogP contribution in [0.2, 0.25) is 0 Å². The molecule has 0 aromatic heterocycles. The molecule has 10 aromatic carbocycles. The lowest BCUT2D eigenvalue weighted by Crippen LogP contribution is -2.11. The quantitative estimate of drug-likeness (QED) is 0.142. The molecule has 0 spiro atoms. The molecule has 10 aromatic rings. The minimum Gasteiger partial charge on any atom is -0.310 e. The van der Waals surface area contributed by atoms with Crippen LogP contribution in [0.4, 0.5) is 17.1 Å². The van der Waals surface area contributed by atoms with Crippen molar-refractivity contribution in [2.75, 3.05) is 4.90 Å². The van der Waals surface area contributed by atoms with Crippen LogP contribution in [0.5, 0.6) is 0 Å². The van der Waals surface area contributed by atoms with Crippen LogP contribution in [0.15, 0.2) is 249 Å². The Morgan fingerprint density at radius 2 is 0.593 bits per heavy atom. The number of rotatable bonds is 9. The molecule has 0 N–H and O–H groups in total. The van der Waals surface area contributed by atoms with Gasteiger partial charge in [-0.2, -0.15) is 0 Å². The summed E-state index contributed by atoms with van der Waals surface area (Å²) in [4.78, 5) is 2.39. The number of nitrogens with zero attached hydrogens (tertiary/aromatic N) is 1. The summed E-state index contributed by atoms with van der Waals surface area (Å²) in [6.45, 7) is 0. The van der Waals surface area contributed by atoms with E-state index in [1.54, 1.807) is 0 Å². The second kappa shape index (κ2) is 16.0. The molecule has 0 aliphatic rings. The SMILES string of the molecule is c1ccc(-c2ccc(-c3ccccc3N(c3ccc(-c4ccccc4)cc3)c3ccc(-c4cc(-c5ccc6ccccc6c5)ccc4-c4ccccc4)cc3)cc2)cc1. The summed E-state index contributed by atoms with van der Waals surface area (Å²) in [7, 11) is 0. The number of para-hydroxylation sites is 1. The Hall–Kier alpha value is -7.74. The number of anilines is 3. The van der Waals surface area contributed by atoms with E-state index in [0.29, 0.717) is 0 Å². The average Bonchev–Trinajstić information content (AvgIpc) is 3.33. The molecule has 0 unspecified atom stereocenters. The van der Waals surface area contributed by atoms with E-state index in [-0.39, 0.29) is 0 Å². The molecule has 0 radical (unpaired) electrons. The summed E-state index contributed by atoms with van der Waals surface area (Å²) >= 11 is 0. The van der Waals surface area contributed by atoms with Gasteiger partial charge in [0.15, 0.2) is 0 Å². The van der Waals surface area contributed by atoms with Gasteiger partial charge in [0.2, 0.25) is 0 Å². The molecule has 0 aliphatic carbocycles. The fraction of sp³-hybridized carbons (Fsp3) is 0. The second-order valence-electron chi connectivity index (χ2n) is 14.9. The van der Waals surface area contributed by atoms with E-state index in [1.807, 2.05) is 0 Å². The van der Waals surface area contributed by atoms with Crippen molar-refractivity contribution in [3.8, 4) is 66.8 Å². The summed E-state index contributed by atoms with van der Waals surface area (Å²) in [5.41, 5.74) is 17.6. The van der Waals surface area contributed by atoms with Crippen LogP contribution in [0, 0.1) is 0 Å². The van der Waals surface area contributed by atoms with Gasteiger partial charge in [-0.25, -0.2) is 0 Å². The van der Waals surface area contributed by atoms with E-state index in [2.05, 4.69) is 254 Å². The molecule has 0 heterocycles. The molecule has 0 aliphatic heterocycles. The number of hydrogen-bond donors (Lipinski definition) is 0. The third-order valence-corrected chi connectivity index (χ3v) is 11.3. The van der Waals surface area contributed by atoms with Gasteiger partial charge in [-0.1, -0.05) is 206 Å². The van der Waals surface area contributed by atoms with Crippen LogP contribution in [-0.4, -0.2) is 0 Å². The first-order chi connectivity index (χ1) is 29.2. The Kier molecular flexibility index (Phi) is 9.68. The molecule has 0 bridgehead atoms. The van der Waals surface area contributed by atoms with Gasteiger partial charge in [0.05, 0.1) is 5.69 Å². The van der Waals surface area contributed by atoms with Crippen LogP contribution >= 0.6 is 0 Å². The van der Waals surface area contributed by atoms with Crippen molar-refractivity contribution in [1.29, 1.82) is 0 Å². The Bertz CT molecular complexity index is 2990. The maximum atomic E-state index is 2.39. The van der Waals surface area contributed by atoms with Crippen LogP contribution in [-0.2, 0) is 0 Å². The van der Waals surface area contributed by atoms with E-state index in [9.17, 15) is 0 Å². The van der Waals surface area contributed by atoms with Crippen LogP contribution in [0.25, 0.3) is 77.5 Å². The molecule has 0 saturated carbocycles. The number of hydrogen-bond acceptors (Lipinski definition) is 1. The van der Waals surface area contributed by atoms with Gasteiger partial charge in [-0.15, -0.1) is 0 Å². The monoisotopic (exact) mass is 751 g/mol. The minimum absolute atomic E-state index is 1.08. The first-order valence-electron chi connectivity index (χ1n) is 20.2. The largest absolute Gasteiger partial charge is 0.310 e. The van der Waals surface area contributed by atoms with Gasteiger partial charge in [-0.05, 0) is 114 Å². The van der Waals surface area contributed by atoms with Gasteiger partial charge in [0.1, 0.15) is 0 Å². The molecule has 0 saturated heterocycles. The molecule has 0 atom stereocenters. The molecular weight excluding hydrogens is 711 g/mol. The molecule has 59 heavy (non-hydrogen) atoms. The fourth-order valence-electron chi connectivity index (χ4n) is 8.24. The number of benzene rings is 10. The smallest absolute Gasteiger partial charge is 0.0540 e. The average molecular weight is 752 g/mol. The lowest BCUT2D eigenvalue weighted by Gasteiger charge is -2.28. The van der Waals surface area contributed by atoms with Crippen molar-refractivity contribution >= 4 is 27.8 Å². The molecule has 1 nitrogen and oxygen atoms in total. The lowest BCUT2D eigenvalue weighted by atomic mass is 9.90. The maximum Gasteiger partial charge on any atom is 0.0540 e. The van der Waals surface area contributed by atoms with Crippen molar-refractivity contribution in [2.45, 2.75) is 0 Å². The van der Waals surface area contributed by atoms with E-state index in [4.69, 9.17) is 0 Å². The third kappa shape index (κ3) is 7.34. The molecule has 1 heteroatoms. The van der Waals surface area contributed by atoms with Crippen molar-refractivity contribution in [2.24, 2.45) is 0 Å². The zero-order chi connectivity index (χ0) is 39.4. The van der Waals surface area contributed by atoms with Crippen molar-refractivity contribution in [1.82, 2.24) is 0 Å². The predicted octanol–water partition coefficient (Wildman–Crippen LogP) is 16.3. The van der Waals surface area contributed by atoms with Gasteiger partial charge in [-0.3, -0.25) is 0 Å². The van der Waals surface area contributed by atoms with E-state index in [0.717, 1.165) is 22.6 Å². The predicted molar refractivity (Wildman–Crippen MR) is 251 cm³/mol. The number of fused-ring (bicyclic) bond motifs is 1. The van der Waals surface area contributed by atoms with E-state index < -0.39 is 0 Å². The fourth-order valence-corrected chi connectivity index (χ4v) is 8.24. The van der Waals surface area contributed by atoms with Gasteiger partial charge in [0.25, 0.3) is 0 Å². The van der Waals surface area contributed by atoms with Crippen molar-refractivity contribution in [3.05, 3.63) is 249 Å². The topological polar surface area (TPSA) is 3.24 Å². The molecule has 0 fully saturated rings. The highest BCUT2D eigenvalue weighted by Gasteiger charge is 2.19. The van der Waals surface area contributed by atoms with Gasteiger partial charge >= 0.3 is 0 Å². The summed E-state index contributed by atoms with van der Waals surface area (Å²) in [5.74, 6) is 0. The Balaban J connectivity index is 1.08. The van der Waals surface area contributed by atoms with Crippen LogP contribution < -0.4 is 4.90 Å². The van der Waals surface area contributed by atoms with Crippen molar-refractivity contribution < 1.29 is 0 Å². The summed E-state index contributed by atoms with van der Waals surface area (Å²) in [6.07, 6.45) is 0. The Morgan fingerprint density at radius 3 is 1.22 bits per heavy atom. The first kappa shape index (κ1) is 35.7. The van der Waals surface area contributed by atoms with Crippen LogP contribution in [0.3, 0.4) is 0 Å². The zero-order valence-corrected chi connectivity index (χ0v) is 32.6. The maximum absolute atomic E-state index is 2.39. The lowest BCUT2D eigenvalue weighted by molar-refractivity contribution is 1.28. The van der Waals surface area contributed by atoms with Gasteiger partial charge in [0, 0.05) is 16.9 Å². The van der Waals surface area contributed by atoms with E-state index >= 15 is 0 Å². The van der Waals surface area contributed by atoms with E-state index in [1.165, 1.54) is 72.0 Å². The molecule has 278 valence electrons. The molecule has 0 amide bonds. The first-order valence-corrected chi connectivity index (χ1v) is 20.2. The normalized spacial score (nSPS) is 11.1. The van der Waals surface area contributed by atoms with Crippen LogP contribution in [0.1, 0.15) is 0 Å². The standard InChI is InChI=1S/C58H41N/c1-4-14-42(15-5-1)45-24-27-48(28-25-45)56-22-12-13-23-58(56)59(53-35-30-46(31-36-53)43-16-6-2-7-17-43)54-37-32-49(33-38-54)57-41-52(34-39-55(57)47-19-8-3-9-20-47)51-29-26-44-18-10-11-21-50(44)40-51/h1-41H. The molecular formula is C58H41N. The Morgan fingerprint density at radius 1 is 0.203 bits per heavy atom. The zero-order valence-electron chi connectivity index (χ0n) is 32.6. The third-order valence-electron chi connectivity index (χ3n) is 11.3. The second-order valence-corrected chi connectivity index (χ2v) is 14.9. The summed E-state index contributed by atoms with van der Waals surface area (Å²) in [5, 5.41) is 2.49. The molecule has 10 rings (SSSR count). The van der Waals surface area contributed by atoms with Crippen molar-refractivity contribution in [3.63, 3.8) is 0 Å². The summed E-state index contributed by atoms with van der Waals surface area (Å²) < 4.78 is 0. The Labute approximate surface area is 346 Å².